The predicted molar refractivity (Wildman–Crippen MR) is 144 cm³/mol. The van der Waals surface area contributed by atoms with Gasteiger partial charge in [-0.1, -0.05) is 47.5 Å². The highest BCUT2D eigenvalue weighted by Gasteiger charge is 2.09. The number of para-hydroxylation sites is 2. The minimum Gasteiger partial charge on any atom is -0.495 e. The number of methoxy groups -OCH3 is 1. The summed E-state index contributed by atoms with van der Waals surface area (Å²) >= 11 is 12.1. The molecule has 0 unspecified atom stereocenters. The smallest absolute Gasteiger partial charge is 0.247 e. The molecule has 0 aliphatic rings. The summed E-state index contributed by atoms with van der Waals surface area (Å²) in [7, 11) is 1.55. The molecule has 1 aromatic heterocycles. The van der Waals surface area contributed by atoms with Gasteiger partial charge in [0.25, 0.3) is 0 Å². The summed E-state index contributed by atoms with van der Waals surface area (Å²) in [5, 5.41) is 11.6. The van der Waals surface area contributed by atoms with Crippen molar-refractivity contribution in [1.82, 2.24) is 9.97 Å². The Hall–Kier alpha value is -4.28. The van der Waals surface area contributed by atoms with Gasteiger partial charge in [-0.2, -0.15) is 20.2 Å². The molecule has 4 aromatic rings. The summed E-state index contributed by atoms with van der Waals surface area (Å²) in [5.41, 5.74) is 6.22. The molecule has 4 rings (SSSR count). The third-order valence-corrected chi connectivity index (χ3v) is 5.49. The quantitative estimate of drug-likeness (QED) is 0.161. The van der Waals surface area contributed by atoms with Crippen LogP contribution in [-0.2, 0) is 0 Å². The molecule has 0 saturated carbocycles. The molecule has 0 spiro atoms. The van der Waals surface area contributed by atoms with Gasteiger partial charge >= 0.3 is 0 Å². The van der Waals surface area contributed by atoms with E-state index in [9.17, 15) is 8.78 Å². The number of nitrogens with zero attached hydrogens (tertiary/aromatic N) is 4. The van der Waals surface area contributed by atoms with Crippen LogP contribution in [0.3, 0.4) is 0 Å². The Morgan fingerprint density at radius 1 is 0.784 bits per heavy atom. The van der Waals surface area contributed by atoms with Crippen LogP contribution < -0.4 is 20.9 Å². The van der Waals surface area contributed by atoms with Gasteiger partial charge in [-0.05, 0) is 36.4 Å². The number of halogens is 4. The van der Waals surface area contributed by atoms with Crippen LogP contribution in [0, 0.1) is 11.6 Å². The number of rotatable bonds is 9. The third-order valence-electron chi connectivity index (χ3n) is 4.83. The van der Waals surface area contributed by atoms with Crippen molar-refractivity contribution in [2.45, 2.75) is 0 Å². The van der Waals surface area contributed by atoms with E-state index < -0.39 is 11.6 Å². The minimum atomic E-state index is -0.533. The van der Waals surface area contributed by atoms with Gasteiger partial charge in [-0.25, -0.2) is 14.2 Å². The normalized spacial score (nSPS) is 11.2. The van der Waals surface area contributed by atoms with E-state index >= 15 is 0 Å². The Bertz CT molecular complexity index is 1340. The van der Waals surface area contributed by atoms with E-state index in [0.717, 1.165) is 0 Å². The SMILES string of the molecule is COc1ccccc1Nc1cc(NN=Cc2c(F)cccc2Cl)nc(NN=Cc2c(F)cccc2Cl)n1. The van der Waals surface area contributed by atoms with Crippen molar-refractivity contribution in [1.29, 1.82) is 0 Å². The predicted octanol–water partition coefficient (Wildman–Crippen LogP) is 6.71. The van der Waals surface area contributed by atoms with Crippen molar-refractivity contribution in [3.63, 3.8) is 0 Å². The van der Waals surface area contributed by atoms with Crippen LogP contribution in [-0.4, -0.2) is 29.5 Å². The molecule has 188 valence electrons. The van der Waals surface area contributed by atoms with Crippen LogP contribution in [0.1, 0.15) is 11.1 Å². The molecule has 0 saturated heterocycles. The van der Waals surface area contributed by atoms with E-state index in [-0.39, 0.29) is 32.9 Å². The summed E-state index contributed by atoms with van der Waals surface area (Å²) < 4.78 is 33.4. The zero-order chi connectivity index (χ0) is 26.2. The van der Waals surface area contributed by atoms with E-state index in [1.54, 1.807) is 37.4 Å². The standard InChI is InChI=1S/C25H19Cl2F2N7O/c1-37-22-11-3-2-10-21(22)32-23-12-24(35-30-13-15-17(26)6-4-8-19(15)28)34-25(33-23)36-31-14-16-18(27)7-5-9-20(16)29/h2-14H,1H3,(H3,32,33,34,35,36). The number of hydrazone groups is 2. The van der Waals surface area contributed by atoms with Gasteiger partial charge in [0.15, 0.2) is 5.82 Å². The molecule has 12 heteroatoms. The van der Waals surface area contributed by atoms with Gasteiger partial charge in [0.05, 0.1) is 35.3 Å². The van der Waals surface area contributed by atoms with Crippen LogP contribution in [0.4, 0.5) is 32.1 Å². The molecule has 0 atom stereocenters. The van der Waals surface area contributed by atoms with Crippen molar-refractivity contribution in [2.24, 2.45) is 10.2 Å². The van der Waals surface area contributed by atoms with Crippen molar-refractivity contribution in [3.05, 3.63) is 99.5 Å². The molecule has 1 heterocycles. The lowest BCUT2D eigenvalue weighted by molar-refractivity contribution is 0.417. The van der Waals surface area contributed by atoms with E-state index in [4.69, 9.17) is 27.9 Å². The Morgan fingerprint density at radius 3 is 2.00 bits per heavy atom. The molecule has 0 amide bonds. The van der Waals surface area contributed by atoms with Gasteiger partial charge in [0.1, 0.15) is 23.2 Å². The van der Waals surface area contributed by atoms with Crippen LogP contribution >= 0.6 is 23.2 Å². The molecule has 3 N–H and O–H groups in total. The molecule has 3 aromatic carbocycles. The van der Waals surface area contributed by atoms with Crippen molar-refractivity contribution in [3.8, 4) is 5.75 Å². The highest BCUT2D eigenvalue weighted by Crippen LogP contribution is 2.27. The fourth-order valence-corrected chi connectivity index (χ4v) is 3.51. The lowest BCUT2D eigenvalue weighted by atomic mass is 10.2. The Morgan fingerprint density at radius 2 is 1.38 bits per heavy atom. The molecule has 0 aliphatic carbocycles. The summed E-state index contributed by atoms with van der Waals surface area (Å²) in [6.45, 7) is 0. The molecule has 8 nitrogen and oxygen atoms in total. The topological polar surface area (TPSA) is 95.8 Å². The lowest BCUT2D eigenvalue weighted by Crippen LogP contribution is -2.05. The first-order valence-electron chi connectivity index (χ1n) is 10.7. The molecular formula is C25H19Cl2F2N7O. The second-order valence-corrected chi connectivity index (χ2v) is 8.11. The molecule has 0 bridgehead atoms. The summed E-state index contributed by atoms with van der Waals surface area (Å²) in [4.78, 5) is 8.66. The highest BCUT2D eigenvalue weighted by atomic mass is 35.5. The minimum absolute atomic E-state index is 0.0465. The summed E-state index contributed by atoms with van der Waals surface area (Å²) in [5.74, 6) is 0.159. The molecule has 0 aliphatic heterocycles. The Balaban J connectivity index is 1.61. The maximum atomic E-state index is 14.0. The van der Waals surface area contributed by atoms with Gasteiger partial charge in [0, 0.05) is 17.2 Å². The van der Waals surface area contributed by atoms with Crippen molar-refractivity contribution >= 4 is 58.9 Å². The van der Waals surface area contributed by atoms with E-state index in [2.05, 4.69) is 36.3 Å². The number of nitrogens with one attached hydrogen (secondary N) is 3. The number of ether oxygens (including phenoxy) is 1. The first-order chi connectivity index (χ1) is 17.9. The largest absolute Gasteiger partial charge is 0.495 e. The number of anilines is 4. The Labute approximate surface area is 221 Å². The van der Waals surface area contributed by atoms with E-state index in [0.29, 0.717) is 17.3 Å². The molecule has 37 heavy (non-hydrogen) atoms. The molecule has 0 radical (unpaired) electrons. The first-order valence-corrected chi connectivity index (χ1v) is 11.5. The maximum absolute atomic E-state index is 14.0. The lowest BCUT2D eigenvalue weighted by Gasteiger charge is -2.12. The molecular weight excluding hydrogens is 523 g/mol. The van der Waals surface area contributed by atoms with Crippen LogP contribution in [0.2, 0.25) is 10.0 Å². The van der Waals surface area contributed by atoms with Crippen LogP contribution in [0.15, 0.2) is 76.9 Å². The number of aromatic nitrogens is 2. The van der Waals surface area contributed by atoms with Crippen LogP contribution in [0.25, 0.3) is 0 Å². The fraction of sp³-hybridized carbons (Fsp3) is 0.0400. The number of hydrogen-bond acceptors (Lipinski definition) is 8. The fourth-order valence-electron chi connectivity index (χ4n) is 3.09. The van der Waals surface area contributed by atoms with Gasteiger partial charge in [0.2, 0.25) is 5.95 Å². The summed E-state index contributed by atoms with van der Waals surface area (Å²) in [6, 6.07) is 17.4. The zero-order valence-corrected chi connectivity index (χ0v) is 20.7. The average molecular weight is 542 g/mol. The van der Waals surface area contributed by atoms with E-state index in [1.165, 1.54) is 36.7 Å². The van der Waals surface area contributed by atoms with Gasteiger partial charge in [-0.3, -0.25) is 5.43 Å². The monoisotopic (exact) mass is 541 g/mol. The summed E-state index contributed by atoms with van der Waals surface area (Å²) in [6.07, 6.45) is 2.45. The number of benzene rings is 3. The highest BCUT2D eigenvalue weighted by molar-refractivity contribution is 6.33. The van der Waals surface area contributed by atoms with E-state index in [1.807, 2.05) is 12.1 Å². The number of hydrogen-bond donors (Lipinski definition) is 3. The second kappa shape index (κ2) is 12.1. The average Bonchev–Trinajstić information content (AvgIpc) is 2.88. The second-order valence-electron chi connectivity index (χ2n) is 7.30. The first kappa shape index (κ1) is 25.8. The molecule has 0 fully saturated rings. The van der Waals surface area contributed by atoms with Crippen molar-refractivity contribution < 1.29 is 13.5 Å². The Kier molecular flexibility index (Phi) is 8.44. The van der Waals surface area contributed by atoms with Gasteiger partial charge in [-0.15, -0.1) is 0 Å². The van der Waals surface area contributed by atoms with Gasteiger partial charge < -0.3 is 10.1 Å². The zero-order valence-electron chi connectivity index (χ0n) is 19.2. The third kappa shape index (κ3) is 6.69. The maximum Gasteiger partial charge on any atom is 0.247 e. The van der Waals surface area contributed by atoms with Crippen LogP contribution in [0.5, 0.6) is 5.75 Å². The van der Waals surface area contributed by atoms with Crippen molar-refractivity contribution in [2.75, 3.05) is 23.3 Å².